The van der Waals surface area contributed by atoms with E-state index in [-0.39, 0.29) is 19.1 Å². The fourth-order valence-corrected chi connectivity index (χ4v) is 2.96. The quantitative estimate of drug-likeness (QED) is 0.311. The molecule has 0 bridgehead atoms. The summed E-state index contributed by atoms with van der Waals surface area (Å²) in [7, 11) is 3.10. The predicted octanol–water partition coefficient (Wildman–Crippen LogP) is 4.67. The summed E-state index contributed by atoms with van der Waals surface area (Å²) in [6, 6.07) is 21.6. The average Bonchev–Trinajstić information content (AvgIpc) is 3.36. The van der Waals surface area contributed by atoms with Gasteiger partial charge in [0.2, 0.25) is 5.82 Å². The Morgan fingerprint density at radius 3 is 2.29 bits per heavy atom. The van der Waals surface area contributed by atoms with E-state index in [0.717, 1.165) is 5.75 Å². The van der Waals surface area contributed by atoms with Gasteiger partial charge in [0.1, 0.15) is 28.7 Å². The zero-order valence-corrected chi connectivity index (χ0v) is 18.6. The van der Waals surface area contributed by atoms with Gasteiger partial charge in [-0.2, -0.15) is 4.98 Å². The van der Waals surface area contributed by atoms with Gasteiger partial charge in [0.05, 0.1) is 19.8 Å². The van der Waals surface area contributed by atoms with E-state index in [9.17, 15) is 4.79 Å². The molecule has 34 heavy (non-hydrogen) atoms. The lowest BCUT2D eigenvalue weighted by atomic mass is 10.2. The Bertz CT molecular complexity index is 1220. The van der Waals surface area contributed by atoms with Gasteiger partial charge in [-0.3, -0.25) is 0 Å². The predicted molar refractivity (Wildman–Crippen MR) is 121 cm³/mol. The van der Waals surface area contributed by atoms with Crippen LogP contribution in [0.5, 0.6) is 28.7 Å². The van der Waals surface area contributed by atoms with Crippen LogP contribution in [0, 0.1) is 0 Å². The third-order valence-corrected chi connectivity index (χ3v) is 4.63. The molecule has 174 valence electrons. The lowest BCUT2D eigenvalue weighted by Crippen LogP contribution is -2.14. The van der Waals surface area contributed by atoms with Crippen LogP contribution < -0.4 is 18.9 Å². The molecule has 0 saturated heterocycles. The second kappa shape index (κ2) is 10.9. The second-order valence-electron chi connectivity index (χ2n) is 6.91. The van der Waals surface area contributed by atoms with E-state index in [2.05, 4.69) is 10.1 Å². The van der Waals surface area contributed by atoms with E-state index < -0.39 is 5.97 Å². The first-order valence-electron chi connectivity index (χ1n) is 10.3. The summed E-state index contributed by atoms with van der Waals surface area (Å²) in [6.07, 6.45) is 0. The minimum absolute atomic E-state index is 0.142. The summed E-state index contributed by atoms with van der Waals surface area (Å²) in [4.78, 5) is 16.3. The van der Waals surface area contributed by atoms with Crippen molar-refractivity contribution in [1.29, 1.82) is 0 Å². The molecule has 0 aliphatic carbocycles. The third-order valence-electron chi connectivity index (χ3n) is 4.63. The first kappa shape index (κ1) is 22.7. The van der Waals surface area contributed by atoms with Crippen molar-refractivity contribution < 1.29 is 33.0 Å². The van der Waals surface area contributed by atoms with E-state index >= 15 is 0 Å². The Morgan fingerprint density at radius 2 is 1.56 bits per heavy atom. The Labute approximate surface area is 195 Å². The van der Waals surface area contributed by atoms with Crippen molar-refractivity contribution in [1.82, 2.24) is 10.1 Å². The van der Waals surface area contributed by atoms with Crippen LogP contribution in [-0.2, 0) is 16.1 Å². The van der Waals surface area contributed by atoms with Crippen molar-refractivity contribution in [2.45, 2.75) is 6.61 Å². The maximum atomic E-state index is 12.0. The molecule has 1 heterocycles. The molecule has 0 spiro atoms. The topological polar surface area (TPSA) is 102 Å². The van der Waals surface area contributed by atoms with Crippen LogP contribution >= 0.6 is 0 Å². The summed E-state index contributed by atoms with van der Waals surface area (Å²) in [6.45, 7) is -0.455. The summed E-state index contributed by atoms with van der Waals surface area (Å²) in [5.41, 5.74) is 0.618. The van der Waals surface area contributed by atoms with Crippen molar-refractivity contribution in [3.8, 4) is 40.1 Å². The highest BCUT2D eigenvalue weighted by Gasteiger charge is 2.16. The molecular formula is C25H22N2O7. The highest BCUT2D eigenvalue weighted by atomic mass is 16.6. The SMILES string of the molecule is COc1ccc(-c2noc(COC(=O)COc3ccc(Oc4ccccc4)cc3)n2)c(OC)c1. The molecule has 0 saturated carbocycles. The molecule has 3 aromatic carbocycles. The van der Waals surface area contributed by atoms with Crippen LogP contribution in [0.4, 0.5) is 0 Å². The fourth-order valence-electron chi connectivity index (χ4n) is 2.96. The lowest BCUT2D eigenvalue weighted by Gasteiger charge is -2.08. The maximum absolute atomic E-state index is 12.0. The zero-order chi connectivity index (χ0) is 23.8. The van der Waals surface area contributed by atoms with Gasteiger partial charge in [0.15, 0.2) is 13.2 Å². The van der Waals surface area contributed by atoms with Crippen LogP contribution in [-0.4, -0.2) is 36.9 Å². The fraction of sp³-hybridized carbons (Fsp3) is 0.160. The molecule has 0 atom stereocenters. The minimum atomic E-state index is -0.577. The molecule has 0 radical (unpaired) electrons. The van der Waals surface area contributed by atoms with E-state index in [1.54, 1.807) is 49.6 Å². The van der Waals surface area contributed by atoms with Gasteiger partial charge in [-0.1, -0.05) is 23.4 Å². The van der Waals surface area contributed by atoms with E-state index in [4.69, 9.17) is 28.2 Å². The zero-order valence-electron chi connectivity index (χ0n) is 18.6. The summed E-state index contributed by atoms with van der Waals surface area (Å²) < 4.78 is 32.0. The molecule has 0 fully saturated rings. The number of hydrogen-bond donors (Lipinski definition) is 0. The van der Waals surface area contributed by atoms with Crippen molar-refractivity contribution in [3.05, 3.63) is 78.7 Å². The van der Waals surface area contributed by atoms with Crippen molar-refractivity contribution in [2.75, 3.05) is 20.8 Å². The maximum Gasteiger partial charge on any atom is 0.344 e. The number of esters is 1. The minimum Gasteiger partial charge on any atom is -0.497 e. The van der Waals surface area contributed by atoms with Crippen LogP contribution in [0.25, 0.3) is 11.4 Å². The van der Waals surface area contributed by atoms with Gasteiger partial charge in [-0.15, -0.1) is 0 Å². The highest BCUT2D eigenvalue weighted by molar-refractivity contribution is 5.71. The number of nitrogens with zero attached hydrogens (tertiary/aromatic N) is 2. The molecule has 0 aliphatic rings. The van der Waals surface area contributed by atoms with Gasteiger partial charge in [0.25, 0.3) is 5.89 Å². The number of aromatic nitrogens is 2. The van der Waals surface area contributed by atoms with E-state index in [0.29, 0.717) is 34.4 Å². The number of hydrogen-bond acceptors (Lipinski definition) is 9. The van der Waals surface area contributed by atoms with E-state index in [1.165, 1.54) is 7.11 Å². The summed E-state index contributed by atoms with van der Waals surface area (Å²) in [5.74, 6) is 2.92. The Hall–Kier alpha value is -4.53. The van der Waals surface area contributed by atoms with Gasteiger partial charge >= 0.3 is 5.97 Å². The first-order valence-corrected chi connectivity index (χ1v) is 10.3. The number of methoxy groups -OCH3 is 2. The summed E-state index contributed by atoms with van der Waals surface area (Å²) >= 11 is 0. The number of benzene rings is 3. The van der Waals surface area contributed by atoms with Gasteiger partial charge in [0, 0.05) is 6.07 Å². The van der Waals surface area contributed by atoms with Crippen LogP contribution in [0.3, 0.4) is 0 Å². The first-order chi connectivity index (χ1) is 16.6. The molecule has 0 N–H and O–H groups in total. The smallest absolute Gasteiger partial charge is 0.344 e. The van der Waals surface area contributed by atoms with Gasteiger partial charge in [-0.25, -0.2) is 4.79 Å². The molecule has 0 aliphatic heterocycles. The van der Waals surface area contributed by atoms with Crippen LogP contribution in [0.2, 0.25) is 0 Å². The summed E-state index contributed by atoms with van der Waals surface area (Å²) in [5, 5.41) is 3.92. The van der Waals surface area contributed by atoms with Crippen molar-refractivity contribution >= 4 is 5.97 Å². The van der Waals surface area contributed by atoms with Gasteiger partial charge < -0.3 is 28.2 Å². The Balaban J connectivity index is 1.26. The average molecular weight is 462 g/mol. The Kier molecular flexibility index (Phi) is 7.24. The van der Waals surface area contributed by atoms with Gasteiger partial charge in [-0.05, 0) is 48.5 Å². The number of carbonyl (C=O) groups excluding carboxylic acids is 1. The van der Waals surface area contributed by atoms with Crippen molar-refractivity contribution in [3.63, 3.8) is 0 Å². The third kappa shape index (κ3) is 5.83. The van der Waals surface area contributed by atoms with Crippen LogP contribution in [0.1, 0.15) is 5.89 Å². The number of carbonyl (C=O) groups is 1. The molecular weight excluding hydrogens is 440 g/mol. The molecule has 0 amide bonds. The molecule has 9 nitrogen and oxygen atoms in total. The standard InChI is InChI=1S/C25H22N2O7/c1-29-20-12-13-21(22(14-20)30-2)25-26-23(34-27-25)15-32-24(28)16-31-17-8-10-19(11-9-17)33-18-6-4-3-5-7-18/h3-14H,15-16H2,1-2H3. The number of rotatable bonds is 10. The van der Waals surface area contributed by atoms with Crippen LogP contribution in [0.15, 0.2) is 77.3 Å². The molecule has 0 unspecified atom stereocenters. The number of para-hydroxylation sites is 1. The lowest BCUT2D eigenvalue weighted by molar-refractivity contribution is -0.148. The normalized spacial score (nSPS) is 10.4. The molecule has 1 aromatic heterocycles. The Morgan fingerprint density at radius 1 is 0.853 bits per heavy atom. The largest absolute Gasteiger partial charge is 0.497 e. The molecule has 4 rings (SSSR count). The van der Waals surface area contributed by atoms with E-state index in [1.807, 2.05) is 30.3 Å². The van der Waals surface area contributed by atoms with Crippen molar-refractivity contribution in [2.24, 2.45) is 0 Å². The molecule has 9 heteroatoms. The highest BCUT2D eigenvalue weighted by Crippen LogP contribution is 2.31. The second-order valence-corrected chi connectivity index (χ2v) is 6.91. The monoisotopic (exact) mass is 462 g/mol. The number of ether oxygens (including phenoxy) is 5. The molecule has 4 aromatic rings.